The van der Waals surface area contributed by atoms with Gasteiger partial charge in [0.05, 0.1) is 6.33 Å². The molecule has 1 N–H and O–H groups in total. The minimum absolute atomic E-state index is 0.109. The quantitative estimate of drug-likeness (QED) is 0.844. The highest BCUT2D eigenvalue weighted by Gasteiger charge is 2.22. The number of aryl methyl sites for hydroxylation is 1. The van der Waals surface area contributed by atoms with Crippen molar-refractivity contribution in [2.24, 2.45) is 7.05 Å². The Morgan fingerprint density at radius 1 is 1.57 bits per heavy atom. The molecule has 0 aliphatic heterocycles. The van der Waals surface area contributed by atoms with Crippen LogP contribution in [0.15, 0.2) is 11.4 Å². The summed E-state index contributed by atoms with van der Waals surface area (Å²) >= 11 is 5.76. The van der Waals surface area contributed by atoms with Gasteiger partial charge in [0.25, 0.3) is 10.0 Å². The van der Waals surface area contributed by atoms with E-state index < -0.39 is 10.0 Å². The Balaban J connectivity index is 3.11. The zero-order valence-electron chi connectivity index (χ0n) is 8.15. The van der Waals surface area contributed by atoms with Crippen molar-refractivity contribution in [3.63, 3.8) is 0 Å². The Bertz CT molecular complexity index is 424. The molecular weight excluding hydrogens is 226 g/mol. The van der Waals surface area contributed by atoms with Crippen LogP contribution in [0.5, 0.6) is 0 Å². The van der Waals surface area contributed by atoms with E-state index in [1.165, 1.54) is 10.9 Å². The van der Waals surface area contributed by atoms with Gasteiger partial charge in [-0.05, 0) is 13.8 Å². The van der Waals surface area contributed by atoms with Crippen LogP contribution in [0.4, 0.5) is 0 Å². The van der Waals surface area contributed by atoms with Crippen LogP contribution < -0.4 is 4.72 Å². The molecule has 0 aromatic carbocycles. The molecule has 0 saturated heterocycles. The summed E-state index contributed by atoms with van der Waals surface area (Å²) in [5.74, 6) is 0. The second-order valence-corrected chi connectivity index (χ2v) is 5.21. The molecule has 0 spiro atoms. The molecule has 7 heteroatoms. The minimum atomic E-state index is -3.58. The van der Waals surface area contributed by atoms with Crippen molar-refractivity contribution in [3.8, 4) is 0 Å². The van der Waals surface area contributed by atoms with Gasteiger partial charge in [-0.1, -0.05) is 11.6 Å². The van der Waals surface area contributed by atoms with E-state index in [1.807, 2.05) is 0 Å². The maximum absolute atomic E-state index is 11.6. The van der Waals surface area contributed by atoms with Crippen LogP contribution in [0.25, 0.3) is 0 Å². The van der Waals surface area contributed by atoms with Crippen molar-refractivity contribution < 1.29 is 8.42 Å². The molecule has 0 aliphatic rings. The summed E-state index contributed by atoms with van der Waals surface area (Å²) < 4.78 is 27.1. The molecule has 0 unspecified atom stereocenters. The van der Waals surface area contributed by atoms with Crippen LogP contribution >= 0.6 is 11.6 Å². The highest BCUT2D eigenvalue weighted by Crippen LogP contribution is 2.18. The van der Waals surface area contributed by atoms with Crippen molar-refractivity contribution in [2.45, 2.75) is 24.9 Å². The third-order valence-electron chi connectivity index (χ3n) is 1.48. The van der Waals surface area contributed by atoms with Crippen molar-refractivity contribution >= 4 is 21.6 Å². The molecule has 1 heterocycles. The molecule has 5 nitrogen and oxygen atoms in total. The van der Waals surface area contributed by atoms with E-state index in [2.05, 4.69) is 9.71 Å². The molecular formula is C7H12ClN3O2S. The molecule has 1 rings (SSSR count). The van der Waals surface area contributed by atoms with Gasteiger partial charge < -0.3 is 4.57 Å². The van der Waals surface area contributed by atoms with E-state index in [0.29, 0.717) is 0 Å². The van der Waals surface area contributed by atoms with Crippen LogP contribution in [0.3, 0.4) is 0 Å². The zero-order chi connectivity index (χ0) is 10.9. The lowest BCUT2D eigenvalue weighted by molar-refractivity contribution is 0.566. The second-order valence-electron chi connectivity index (χ2n) is 3.23. The first kappa shape index (κ1) is 11.5. The zero-order valence-corrected chi connectivity index (χ0v) is 9.72. The average molecular weight is 238 g/mol. The van der Waals surface area contributed by atoms with Crippen molar-refractivity contribution in [2.75, 3.05) is 0 Å². The molecule has 0 bridgehead atoms. The summed E-state index contributed by atoms with van der Waals surface area (Å²) in [6.45, 7) is 3.46. The molecule has 0 radical (unpaired) electrons. The summed E-state index contributed by atoms with van der Waals surface area (Å²) in [4.78, 5) is 3.72. The van der Waals surface area contributed by atoms with E-state index in [4.69, 9.17) is 11.6 Å². The number of rotatable bonds is 3. The lowest BCUT2D eigenvalue weighted by Crippen LogP contribution is -2.30. The lowest BCUT2D eigenvalue weighted by atomic mass is 10.4. The van der Waals surface area contributed by atoms with E-state index >= 15 is 0 Å². The van der Waals surface area contributed by atoms with Crippen LogP contribution in [-0.4, -0.2) is 24.0 Å². The number of aromatic nitrogens is 2. The number of sulfonamides is 1. The molecule has 0 amide bonds. The Morgan fingerprint density at radius 3 is 2.50 bits per heavy atom. The molecule has 0 aliphatic carbocycles. The van der Waals surface area contributed by atoms with Gasteiger partial charge in [-0.15, -0.1) is 0 Å². The van der Waals surface area contributed by atoms with Gasteiger partial charge in [0.15, 0.2) is 0 Å². The molecule has 1 aromatic rings. The maximum Gasteiger partial charge on any atom is 0.261 e. The summed E-state index contributed by atoms with van der Waals surface area (Å²) in [5, 5.41) is -0.0199. The summed E-state index contributed by atoms with van der Waals surface area (Å²) in [5.41, 5.74) is 0. The highest BCUT2D eigenvalue weighted by molar-refractivity contribution is 7.89. The first-order chi connectivity index (χ1) is 6.34. The smallest absolute Gasteiger partial charge is 0.261 e. The molecule has 0 atom stereocenters. The van der Waals surface area contributed by atoms with Crippen LogP contribution in [0.2, 0.25) is 5.15 Å². The predicted octanol–water partition coefficient (Wildman–Crippen LogP) is 0.760. The van der Waals surface area contributed by atoms with E-state index in [1.54, 1.807) is 20.9 Å². The summed E-state index contributed by atoms with van der Waals surface area (Å²) in [6, 6.07) is -0.182. The van der Waals surface area contributed by atoms with Crippen molar-refractivity contribution in [1.82, 2.24) is 14.3 Å². The topological polar surface area (TPSA) is 64.0 Å². The monoisotopic (exact) mass is 237 g/mol. The fourth-order valence-corrected chi connectivity index (χ4v) is 2.62. The molecule has 0 saturated carbocycles. The van der Waals surface area contributed by atoms with Crippen LogP contribution in [-0.2, 0) is 17.1 Å². The maximum atomic E-state index is 11.6. The first-order valence-corrected chi connectivity index (χ1v) is 5.90. The van der Waals surface area contributed by atoms with Crippen LogP contribution in [0, 0.1) is 0 Å². The van der Waals surface area contributed by atoms with Gasteiger partial charge >= 0.3 is 0 Å². The predicted molar refractivity (Wildman–Crippen MR) is 53.7 cm³/mol. The SMILES string of the molecule is CC(C)NS(=O)(=O)c1ncn(C)c1Cl. The van der Waals surface area contributed by atoms with Gasteiger partial charge in [0.1, 0.15) is 5.15 Å². The van der Waals surface area contributed by atoms with E-state index in [-0.39, 0.29) is 16.2 Å². The summed E-state index contributed by atoms with van der Waals surface area (Å²) in [6.07, 6.45) is 1.36. The normalized spacial score (nSPS) is 12.4. The Kier molecular flexibility index (Phi) is 3.18. The minimum Gasteiger partial charge on any atom is -0.324 e. The number of nitrogens with zero attached hydrogens (tertiary/aromatic N) is 2. The number of hydrogen-bond donors (Lipinski definition) is 1. The number of imidazole rings is 1. The molecule has 0 fully saturated rings. The van der Waals surface area contributed by atoms with Gasteiger partial charge in [0, 0.05) is 13.1 Å². The molecule has 1 aromatic heterocycles. The number of hydrogen-bond acceptors (Lipinski definition) is 3. The number of halogens is 1. The van der Waals surface area contributed by atoms with Gasteiger partial charge in [-0.25, -0.2) is 18.1 Å². The van der Waals surface area contributed by atoms with Crippen molar-refractivity contribution in [1.29, 1.82) is 0 Å². The Morgan fingerprint density at radius 2 is 2.14 bits per heavy atom. The lowest BCUT2D eigenvalue weighted by Gasteiger charge is -2.07. The summed E-state index contributed by atoms with van der Waals surface area (Å²) in [7, 11) is -1.95. The molecule has 14 heavy (non-hydrogen) atoms. The van der Waals surface area contributed by atoms with Crippen LogP contribution in [0.1, 0.15) is 13.8 Å². The van der Waals surface area contributed by atoms with Gasteiger partial charge in [-0.3, -0.25) is 0 Å². The Labute approximate surface area is 88.1 Å². The number of nitrogens with one attached hydrogen (secondary N) is 1. The molecule has 80 valence electrons. The average Bonchev–Trinajstić information content (AvgIpc) is 2.30. The highest BCUT2D eigenvalue weighted by atomic mass is 35.5. The third-order valence-corrected chi connectivity index (χ3v) is 3.63. The first-order valence-electron chi connectivity index (χ1n) is 4.03. The van der Waals surface area contributed by atoms with Crippen molar-refractivity contribution in [3.05, 3.63) is 11.5 Å². The standard InChI is InChI=1S/C7H12ClN3O2S/c1-5(2)10-14(12,13)7-6(8)11(3)4-9-7/h4-5,10H,1-3H3. The fraction of sp³-hybridized carbons (Fsp3) is 0.571. The van der Waals surface area contributed by atoms with E-state index in [9.17, 15) is 8.42 Å². The van der Waals surface area contributed by atoms with E-state index in [0.717, 1.165) is 0 Å². The largest absolute Gasteiger partial charge is 0.324 e. The van der Waals surface area contributed by atoms with Gasteiger partial charge in [-0.2, -0.15) is 0 Å². The van der Waals surface area contributed by atoms with Gasteiger partial charge in [0.2, 0.25) is 5.03 Å². The fourth-order valence-electron chi connectivity index (χ4n) is 0.940. The third kappa shape index (κ3) is 2.26. The second kappa shape index (κ2) is 3.88. The Hall–Kier alpha value is -0.590.